The average molecular weight is 243 g/mol. The van der Waals surface area contributed by atoms with Crippen LogP contribution in [0, 0.1) is 5.82 Å². The minimum atomic E-state index is -0.314. The third kappa shape index (κ3) is 2.77. The fraction of sp³-hybridized carbons (Fsp3) is 0.100. The minimum absolute atomic E-state index is 0.259. The molecular weight excluding hydrogens is 235 g/mol. The molecule has 0 saturated heterocycles. The van der Waals surface area contributed by atoms with E-state index in [4.69, 9.17) is 0 Å². The van der Waals surface area contributed by atoms with Gasteiger partial charge in [0.1, 0.15) is 12.1 Å². The van der Waals surface area contributed by atoms with Gasteiger partial charge < -0.3 is 0 Å². The van der Waals surface area contributed by atoms with Gasteiger partial charge in [-0.15, -0.1) is 0 Å². The molecule has 0 fully saturated rings. The Morgan fingerprint density at radius 3 is 2.92 bits per heavy atom. The molecule has 0 aliphatic carbocycles. The van der Waals surface area contributed by atoms with Gasteiger partial charge in [-0.1, -0.05) is 22.5 Å². The van der Waals surface area contributed by atoms with E-state index in [2.05, 4.69) is 22.5 Å². The highest BCUT2D eigenvalue weighted by Gasteiger charge is 2.03. The highest BCUT2D eigenvalue weighted by Crippen LogP contribution is 2.17. The summed E-state index contributed by atoms with van der Waals surface area (Å²) in [5.41, 5.74) is 0.850. The van der Waals surface area contributed by atoms with Crippen LogP contribution in [0.25, 0.3) is 0 Å². The van der Waals surface area contributed by atoms with Crippen molar-refractivity contribution in [1.29, 1.82) is 0 Å². The SMILES string of the molecule is C=C(C=O)Cc1cc(Br)ccc1F. The Kier molecular flexibility index (Phi) is 3.37. The van der Waals surface area contributed by atoms with Crippen molar-refractivity contribution in [1.82, 2.24) is 0 Å². The molecule has 0 aromatic heterocycles. The van der Waals surface area contributed by atoms with E-state index in [1.807, 2.05) is 0 Å². The number of halogens is 2. The first kappa shape index (κ1) is 10.1. The minimum Gasteiger partial charge on any atom is -0.298 e. The summed E-state index contributed by atoms with van der Waals surface area (Å²) < 4.78 is 13.9. The number of allylic oxidation sites excluding steroid dienone is 1. The van der Waals surface area contributed by atoms with E-state index in [1.54, 1.807) is 12.1 Å². The fourth-order valence-electron chi connectivity index (χ4n) is 0.965. The lowest BCUT2D eigenvalue weighted by Gasteiger charge is -2.01. The van der Waals surface area contributed by atoms with Crippen LogP contribution in [0.1, 0.15) is 5.56 Å². The number of rotatable bonds is 3. The van der Waals surface area contributed by atoms with Crippen LogP contribution in [0.2, 0.25) is 0 Å². The van der Waals surface area contributed by atoms with E-state index < -0.39 is 0 Å². The summed E-state index contributed by atoms with van der Waals surface area (Å²) >= 11 is 3.22. The monoisotopic (exact) mass is 242 g/mol. The summed E-state index contributed by atoms with van der Waals surface area (Å²) in [5, 5.41) is 0. The molecule has 1 nitrogen and oxygen atoms in total. The van der Waals surface area contributed by atoms with Crippen molar-refractivity contribution < 1.29 is 9.18 Å². The van der Waals surface area contributed by atoms with Gasteiger partial charge >= 0.3 is 0 Å². The summed E-state index contributed by atoms with van der Waals surface area (Å²) in [6.45, 7) is 3.49. The van der Waals surface area contributed by atoms with E-state index in [9.17, 15) is 9.18 Å². The van der Waals surface area contributed by atoms with Gasteiger partial charge in [0, 0.05) is 10.9 Å². The van der Waals surface area contributed by atoms with Crippen LogP contribution in [0.15, 0.2) is 34.8 Å². The highest BCUT2D eigenvalue weighted by molar-refractivity contribution is 9.10. The zero-order valence-electron chi connectivity index (χ0n) is 6.89. The molecule has 0 saturated carbocycles. The first-order valence-corrected chi connectivity index (χ1v) is 4.49. The van der Waals surface area contributed by atoms with E-state index in [0.717, 1.165) is 4.47 Å². The summed E-state index contributed by atoms with van der Waals surface area (Å²) in [4.78, 5) is 10.3. The van der Waals surface area contributed by atoms with Crippen molar-refractivity contribution >= 4 is 22.2 Å². The predicted molar refractivity (Wildman–Crippen MR) is 53.0 cm³/mol. The topological polar surface area (TPSA) is 17.1 Å². The fourth-order valence-corrected chi connectivity index (χ4v) is 1.37. The molecule has 68 valence electrons. The molecule has 0 heterocycles. The molecule has 0 aliphatic rings. The van der Waals surface area contributed by atoms with Gasteiger partial charge in [-0.2, -0.15) is 0 Å². The molecule has 13 heavy (non-hydrogen) atoms. The van der Waals surface area contributed by atoms with E-state index in [1.165, 1.54) is 6.07 Å². The summed E-state index contributed by atoms with van der Waals surface area (Å²) in [7, 11) is 0. The van der Waals surface area contributed by atoms with Gasteiger partial charge in [-0.05, 0) is 29.3 Å². The Morgan fingerprint density at radius 1 is 1.62 bits per heavy atom. The van der Waals surface area contributed by atoms with Crippen LogP contribution in [0.4, 0.5) is 4.39 Å². The number of aldehydes is 1. The van der Waals surface area contributed by atoms with Crippen LogP contribution in [0.3, 0.4) is 0 Å². The van der Waals surface area contributed by atoms with Crippen molar-refractivity contribution in [2.75, 3.05) is 0 Å². The van der Waals surface area contributed by atoms with Crippen LogP contribution in [-0.4, -0.2) is 6.29 Å². The molecule has 1 aromatic carbocycles. The molecule has 0 amide bonds. The zero-order chi connectivity index (χ0) is 9.84. The maximum absolute atomic E-state index is 13.1. The normalized spacial score (nSPS) is 9.69. The molecule has 0 bridgehead atoms. The van der Waals surface area contributed by atoms with E-state index in [0.29, 0.717) is 17.4 Å². The average Bonchev–Trinajstić information content (AvgIpc) is 2.11. The lowest BCUT2D eigenvalue weighted by molar-refractivity contribution is -0.104. The van der Waals surface area contributed by atoms with Gasteiger partial charge in [0.2, 0.25) is 0 Å². The predicted octanol–water partition coefficient (Wildman–Crippen LogP) is 2.89. The number of carbonyl (C=O) groups excluding carboxylic acids is 1. The molecule has 1 rings (SSSR count). The lowest BCUT2D eigenvalue weighted by atomic mass is 10.1. The van der Waals surface area contributed by atoms with Crippen molar-refractivity contribution in [3.63, 3.8) is 0 Å². The van der Waals surface area contributed by atoms with Crippen molar-refractivity contribution in [2.45, 2.75) is 6.42 Å². The first-order chi connectivity index (χ1) is 6.13. The molecule has 0 unspecified atom stereocenters. The third-order valence-electron chi connectivity index (χ3n) is 1.59. The summed E-state index contributed by atoms with van der Waals surface area (Å²) in [6.07, 6.45) is 0.898. The Hall–Kier alpha value is -0.960. The van der Waals surface area contributed by atoms with Gasteiger partial charge in [-0.25, -0.2) is 4.39 Å². The summed E-state index contributed by atoms with van der Waals surface area (Å²) in [6, 6.07) is 4.62. The molecule has 0 aliphatic heterocycles. The third-order valence-corrected chi connectivity index (χ3v) is 2.09. The van der Waals surface area contributed by atoms with Crippen LogP contribution in [-0.2, 0) is 11.2 Å². The highest BCUT2D eigenvalue weighted by atomic mass is 79.9. The summed E-state index contributed by atoms with van der Waals surface area (Å²) in [5.74, 6) is -0.314. The maximum Gasteiger partial charge on any atom is 0.145 e. The smallest absolute Gasteiger partial charge is 0.145 e. The first-order valence-electron chi connectivity index (χ1n) is 3.70. The lowest BCUT2D eigenvalue weighted by Crippen LogP contribution is -1.94. The Morgan fingerprint density at radius 2 is 2.31 bits per heavy atom. The Balaban J connectivity index is 2.93. The zero-order valence-corrected chi connectivity index (χ0v) is 8.47. The number of hydrogen-bond donors (Lipinski definition) is 0. The largest absolute Gasteiger partial charge is 0.298 e. The van der Waals surface area contributed by atoms with Gasteiger partial charge in [0.25, 0.3) is 0 Å². The van der Waals surface area contributed by atoms with Gasteiger partial charge in [-0.3, -0.25) is 4.79 Å². The molecule has 0 atom stereocenters. The van der Waals surface area contributed by atoms with E-state index in [-0.39, 0.29) is 12.2 Å². The van der Waals surface area contributed by atoms with Gasteiger partial charge in [0.05, 0.1) is 0 Å². The standard InChI is InChI=1S/C10H8BrFO/c1-7(6-13)4-8-5-9(11)2-3-10(8)12/h2-3,5-6H,1,4H2. The number of hydrogen-bond acceptors (Lipinski definition) is 1. The second-order valence-corrected chi connectivity index (χ2v) is 3.60. The molecule has 0 radical (unpaired) electrons. The van der Waals surface area contributed by atoms with Crippen LogP contribution in [0.5, 0.6) is 0 Å². The Labute approximate surface area is 84.4 Å². The second-order valence-electron chi connectivity index (χ2n) is 2.69. The van der Waals surface area contributed by atoms with Crippen molar-refractivity contribution in [2.24, 2.45) is 0 Å². The molecule has 3 heteroatoms. The van der Waals surface area contributed by atoms with Crippen LogP contribution < -0.4 is 0 Å². The maximum atomic E-state index is 13.1. The molecule has 0 spiro atoms. The van der Waals surface area contributed by atoms with Crippen molar-refractivity contribution in [3.8, 4) is 0 Å². The van der Waals surface area contributed by atoms with Crippen molar-refractivity contribution in [3.05, 3.63) is 46.2 Å². The van der Waals surface area contributed by atoms with E-state index >= 15 is 0 Å². The Bertz CT molecular complexity index is 347. The van der Waals surface area contributed by atoms with Crippen LogP contribution >= 0.6 is 15.9 Å². The molecule has 0 N–H and O–H groups in total. The molecule has 1 aromatic rings. The van der Waals surface area contributed by atoms with Gasteiger partial charge in [0.15, 0.2) is 0 Å². The number of benzene rings is 1. The molecular formula is C10H8BrFO. The number of carbonyl (C=O) groups is 1. The quantitative estimate of drug-likeness (QED) is 0.589. The second kappa shape index (κ2) is 4.33.